The average molecular weight is 400 g/mol. The van der Waals surface area contributed by atoms with Crippen LogP contribution in [0.2, 0.25) is 0 Å². The fourth-order valence-corrected chi connectivity index (χ4v) is 4.93. The third kappa shape index (κ3) is 4.39. The Hall–Kier alpha value is -2.15. The van der Waals surface area contributed by atoms with E-state index in [-0.39, 0.29) is 17.2 Å². The summed E-state index contributed by atoms with van der Waals surface area (Å²) >= 11 is 0. The second kappa shape index (κ2) is 8.69. The maximum atomic E-state index is 13.1. The third-order valence-corrected chi connectivity index (χ3v) is 6.58. The van der Waals surface area contributed by atoms with Crippen molar-refractivity contribution in [3.8, 4) is 11.3 Å². The lowest BCUT2D eigenvalue weighted by Crippen LogP contribution is -2.57. The van der Waals surface area contributed by atoms with Gasteiger partial charge in [0.2, 0.25) is 5.76 Å². The number of rotatable bonds is 6. The second-order valence-corrected chi connectivity index (χ2v) is 8.67. The average Bonchev–Trinajstić information content (AvgIpc) is 3.36. The summed E-state index contributed by atoms with van der Waals surface area (Å²) < 4.78 is 7.36. The van der Waals surface area contributed by atoms with Crippen LogP contribution in [0.1, 0.15) is 74.5 Å². The molecule has 3 heterocycles. The summed E-state index contributed by atoms with van der Waals surface area (Å²) in [4.78, 5) is 15.6. The van der Waals surface area contributed by atoms with Crippen LogP contribution in [-0.2, 0) is 6.54 Å². The summed E-state index contributed by atoms with van der Waals surface area (Å²) in [6.07, 6.45) is 11.3. The molecular formula is C22H33N5O2. The van der Waals surface area contributed by atoms with E-state index >= 15 is 0 Å². The van der Waals surface area contributed by atoms with E-state index < -0.39 is 0 Å². The molecule has 0 spiro atoms. The number of carbonyl (C=O) groups excluding carboxylic acids is 1. The highest BCUT2D eigenvalue weighted by Crippen LogP contribution is 2.31. The Balaban J connectivity index is 1.49. The number of nitrogens with one attached hydrogen (secondary N) is 1. The van der Waals surface area contributed by atoms with Crippen LogP contribution in [0.3, 0.4) is 0 Å². The van der Waals surface area contributed by atoms with Crippen molar-refractivity contribution in [1.29, 1.82) is 0 Å². The van der Waals surface area contributed by atoms with Crippen molar-refractivity contribution in [2.75, 3.05) is 19.6 Å². The molecule has 1 N–H and O–H groups in total. The SMILES string of the molecule is CCn1ncc(-c2cc(C(=O)NC3(CN4CCCCC4)CCCCC3)on2)c1C. The van der Waals surface area contributed by atoms with Gasteiger partial charge in [-0.3, -0.25) is 9.48 Å². The highest BCUT2D eigenvalue weighted by molar-refractivity contribution is 5.93. The molecule has 1 saturated carbocycles. The van der Waals surface area contributed by atoms with Crippen LogP contribution in [0.15, 0.2) is 16.8 Å². The van der Waals surface area contributed by atoms with Gasteiger partial charge in [0.05, 0.1) is 11.7 Å². The first-order valence-electron chi connectivity index (χ1n) is 11.1. The molecule has 7 nitrogen and oxygen atoms in total. The van der Waals surface area contributed by atoms with Crippen molar-refractivity contribution in [3.05, 3.63) is 23.7 Å². The van der Waals surface area contributed by atoms with Gasteiger partial charge in [0, 0.05) is 30.4 Å². The van der Waals surface area contributed by atoms with E-state index in [1.807, 2.05) is 11.6 Å². The minimum atomic E-state index is -0.150. The fraction of sp³-hybridized carbons (Fsp3) is 0.682. The van der Waals surface area contributed by atoms with Gasteiger partial charge >= 0.3 is 0 Å². The van der Waals surface area contributed by atoms with E-state index in [0.717, 1.165) is 50.3 Å². The lowest BCUT2D eigenvalue weighted by atomic mass is 9.80. The quantitative estimate of drug-likeness (QED) is 0.800. The first-order valence-corrected chi connectivity index (χ1v) is 11.1. The zero-order valence-corrected chi connectivity index (χ0v) is 17.7. The number of aryl methyl sites for hydroxylation is 1. The van der Waals surface area contributed by atoms with Gasteiger partial charge in [-0.2, -0.15) is 5.10 Å². The molecular weight excluding hydrogens is 366 g/mol. The lowest BCUT2D eigenvalue weighted by Gasteiger charge is -2.42. The van der Waals surface area contributed by atoms with Gasteiger partial charge in [-0.05, 0) is 52.6 Å². The van der Waals surface area contributed by atoms with Gasteiger partial charge in [0.25, 0.3) is 5.91 Å². The number of hydrogen-bond acceptors (Lipinski definition) is 5. The molecule has 2 aromatic heterocycles. The van der Waals surface area contributed by atoms with Crippen LogP contribution in [-0.4, -0.2) is 50.9 Å². The topological polar surface area (TPSA) is 76.2 Å². The maximum Gasteiger partial charge on any atom is 0.290 e. The highest BCUT2D eigenvalue weighted by atomic mass is 16.5. The van der Waals surface area contributed by atoms with Gasteiger partial charge in [-0.25, -0.2) is 0 Å². The molecule has 0 atom stereocenters. The van der Waals surface area contributed by atoms with Crippen molar-refractivity contribution in [2.45, 2.75) is 77.3 Å². The molecule has 1 amide bonds. The van der Waals surface area contributed by atoms with Gasteiger partial charge in [-0.15, -0.1) is 0 Å². The molecule has 2 aromatic rings. The van der Waals surface area contributed by atoms with Crippen molar-refractivity contribution in [3.63, 3.8) is 0 Å². The Labute approximate surface area is 172 Å². The highest BCUT2D eigenvalue weighted by Gasteiger charge is 2.36. The first-order chi connectivity index (χ1) is 14.1. The Morgan fingerprint density at radius 3 is 2.59 bits per heavy atom. The van der Waals surface area contributed by atoms with Crippen LogP contribution in [0.25, 0.3) is 11.3 Å². The Kier molecular flexibility index (Phi) is 6.04. The molecule has 0 aromatic carbocycles. The zero-order chi connectivity index (χ0) is 20.3. The van der Waals surface area contributed by atoms with Crippen LogP contribution >= 0.6 is 0 Å². The first kappa shape index (κ1) is 20.1. The summed E-state index contributed by atoms with van der Waals surface area (Å²) in [5.41, 5.74) is 2.46. The van der Waals surface area contributed by atoms with E-state index in [4.69, 9.17) is 4.52 Å². The minimum Gasteiger partial charge on any atom is -0.350 e. The molecule has 158 valence electrons. The summed E-state index contributed by atoms with van der Waals surface area (Å²) in [5.74, 6) is 0.135. The number of nitrogens with zero attached hydrogens (tertiary/aromatic N) is 4. The molecule has 29 heavy (non-hydrogen) atoms. The number of piperidine rings is 1. The third-order valence-electron chi connectivity index (χ3n) is 6.58. The summed E-state index contributed by atoms with van der Waals surface area (Å²) in [6.45, 7) is 8.10. The van der Waals surface area contributed by atoms with Crippen molar-refractivity contribution in [1.82, 2.24) is 25.2 Å². The molecule has 4 rings (SSSR count). The zero-order valence-electron chi connectivity index (χ0n) is 17.7. The van der Waals surface area contributed by atoms with E-state index in [1.165, 1.54) is 38.5 Å². The summed E-state index contributed by atoms with van der Waals surface area (Å²) in [5, 5.41) is 11.9. The number of amides is 1. The van der Waals surface area contributed by atoms with E-state index in [2.05, 4.69) is 27.4 Å². The fourth-order valence-electron chi connectivity index (χ4n) is 4.93. The lowest BCUT2D eigenvalue weighted by molar-refractivity contribution is 0.0749. The van der Waals surface area contributed by atoms with Gasteiger partial charge < -0.3 is 14.7 Å². The van der Waals surface area contributed by atoms with Crippen LogP contribution in [0.4, 0.5) is 0 Å². The van der Waals surface area contributed by atoms with Gasteiger partial charge in [-0.1, -0.05) is 30.8 Å². The number of hydrogen-bond donors (Lipinski definition) is 1. The van der Waals surface area contributed by atoms with E-state index in [9.17, 15) is 4.79 Å². The van der Waals surface area contributed by atoms with Crippen molar-refractivity contribution >= 4 is 5.91 Å². The predicted octanol–water partition coefficient (Wildman–Crippen LogP) is 3.79. The molecule has 0 unspecified atom stereocenters. The molecule has 0 radical (unpaired) electrons. The standard InChI is InChI=1S/C22H33N5O2/c1-3-27-17(2)18(15-23-27)19-14-20(29-25-19)21(28)24-22(10-6-4-7-11-22)16-26-12-8-5-9-13-26/h14-15H,3-13,16H2,1-2H3,(H,24,28). The van der Waals surface area contributed by atoms with Gasteiger partial charge in [0.1, 0.15) is 5.69 Å². The Morgan fingerprint density at radius 1 is 1.17 bits per heavy atom. The largest absolute Gasteiger partial charge is 0.350 e. The normalized spacial score (nSPS) is 19.9. The second-order valence-electron chi connectivity index (χ2n) is 8.67. The van der Waals surface area contributed by atoms with Crippen molar-refractivity contribution < 1.29 is 9.32 Å². The summed E-state index contributed by atoms with van der Waals surface area (Å²) in [6, 6.07) is 1.75. The number of carbonyl (C=O) groups is 1. The number of likely N-dealkylation sites (tertiary alicyclic amines) is 1. The molecule has 1 saturated heterocycles. The van der Waals surface area contributed by atoms with E-state index in [1.54, 1.807) is 12.3 Å². The van der Waals surface area contributed by atoms with Crippen LogP contribution in [0, 0.1) is 6.92 Å². The molecule has 2 aliphatic rings. The van der Waals surface area contributed by atoms with Crippen molar-refractivity contribution in [2.24, 2.45) is 0 Å². The van der Waals surface area contributed by atoms with Crippen LogP contribution < -0.4 is 5.32 Å². The molecule has 1 aliphatic carbocycles. The predicted molar refractivity (Wildman–Crippen MR) is 112 cm³/mol. The maximum absolute atomic E-state index is 13.1. The molecule has 0 bridgehead atoms. The minimum absolute atomic E-state index is 0.150. The van der Waals surface area contributed by atoms with E-state index in [0.29, 0.717) is 5.69 Å². The Morgan fingerprint density at radius 2 is 1.90 bits per heavy atom. The van der Waals surface area contributed by atoms with Crippen LogP contribution in [0.5, 0.6) is 0 Å². The number of aromatic nitrogens is 3. The Bertz CT molecular complexity index is 828. The molecule has 2 fully saturated rings. The monoisotopic (exact) mass is 399 g/mol. The molecule has 1 aliphatic heterocycles. The molecule has 7 heteroatoms. The summed E-state index contributed by atoms with van der Waals surface area (Å²) in [7, 11) is 0. The smallest absolute Gasteiger partial charge is 0.290 e. The van der Waals surface area contributed by atoms with Gasteiger partial charge in [0.15, 0.2) is 0 Å².